The highest BCUT2D eigenvalue weighted by atomic mass is 32.2. The molecule has 0 bridgehead atoms. The molecule has 11 heteroatoms. The van der Waals surface area contributed by atoms with Crippen LogP contribution in [-0.2, 0) is 19.1 Å². The Bertz CT molecular complexity index is 1450. The molecule has 3 aromatic rings. The molecular formula is C26H20N2O8S. The summed E-state index contributed by atoms with van der Waals surface area (Å²) in [6.45, 7) is -0.368. The maximum Gasteiger partial charge on any atom is 0.337 e. The van der Waals surface area contributed by atoms with Crippen molar-refractivity contribution in [1.29, 1.82) is 0 Å². The molecule has 1 heterocycles. The Hall–Kier alpha value is -4.64. The first-order chi connectivity index (χ1) is 17.8. The first-order valence-corrected chi connectivity index (χ1v) is 11.6. The van der Waals surface area contributed by atoms with Crippen molar-refractivity contribution >= 4 is 63.3 Å². The summed E-state index contributed by atoms with van der Waals surface area (Å²) in [6.07, 6.45) is 1.62. The van der Waals surface area contributed by atoms with Gasteiger partial charge in [-0.2, -0.15) is 0 Å². The molecular weight excluding hydrogens is 500 g/mol. The monoisotopic (exact) mass is 520 g/mol. The predicted octanol–water partition coefficient (Wildman–Crippen LogP) is 3.75. The smallest absolute Gasteiger partial charge is 0.337 e. The molecule has 1 aliphatic heterocycles. The number of benzene rings is 3. The summed E-state index contributed by atoms with van der Waals surface area (Å²) < 4.78 is 15.2. The van der Waals surface area contributed by atoms with Gasteiger partial charge in [0.25, 0.3) is 17.1 Å². The van der Waals surface area contributed by atoms with E-state index in [0.29, 0.717) is 16.7 Å². The molecule has 0 unspecified atom stereocenters. The average Bonchev–Trinajstić information content (AvgIpc) is 3.22. The van der Waals surface area contributed by atoms with Gasteiger partial charge in [0.2, 0.25) is 0 Å². The van der Waals surface area contributed by atoms with Crippen molar-refractivity contribution < 1.29 is 38.2 Å². The molecule has 0 radical (unpaired) electrons. The zero-order chi connectivity index (χ0) is 26.5. The van der Waals surface area contributed by atoms with E-state index in [1.54, 1.807) is 30.3 Å². The van der Waals surface area contributed by atoms with Crippen LogP contribution in [-0.4, -0.2) is 49.8 Å². The molecule has 0 atom stereocenters. The number of anilines is 1. The number of hydrogen-bond donors (Lipinski definition) is 2. The van der Waals surface area contributed by atoms with E-state index in [4.69, 9.17) is 14.2 Å². The lowest BCUT2D eigenvalue weighted by atomic mass is 10.0. The molecule has 4 rings (SSSR count). The van der Waals surface area contributed by atoms with E-state index < -0.39 is 29.0 Å². The minimum absolute atomic E-state index is 0.0631. The van der Waals surface area contributed by atoms with Crippen LogP contribution in [0.5, 0.6) is 5.75 Å². The van der Waals surface area contributed by atoms with Crippen molar-refractivity contribution in [3.05, 3.63) is 76.2 Å². The number of methoxy groups -OCH3 is 2. The molecule has 3 amide bonds. The van der Waals surface area contributed by atoms with Gasteiger partial charge in [0, 0.05) is 11.1 Å². The highest BCUT2D eigenvalue weighted by Gasteiger charge is 2.25. The second kappa shape index (κ2) is 11.0. The Morgan fingerprint density at radius 3 is 2.16 bits per heavy atom. The minimum atomic E-state index is -0.683. The number of imide groups is 1. The lowest BCUT2D eigenvalue weighted by molar-refractivity contribution is -0.118. The highest BCUT2D eigenvalue weighted by Crippen LogP contribution is 2.32. The quantitative estimate of drug-likeness (QED) is 0.352. The number of carbonyl (C=O) groups is 5. The molecule has 188 valence electrons. The molecule has 10 nitrogen and oxygen atoms in total. The zero-order valence-corrected chi connectivity index (χ0v) is 20.5. The first-order valence-electron chi connectivity index (χ1n) is 10.8. The van der Waals surface area contributed by atoms with E-state index in [-0.39, 0.29) is 28.3 Å². The van der Waals surface area contributed by atoms with Crippen molar-refractivity contribution in [3.8, 4) is 5.75 Å². The van der Waals surface area contributed by atoms with E-state index in [2.05, 4.69) is 10.6 Å². The molecule has 0 spiro atoms. The normalized spacial score (nSPS) is 13.8. The summed E-state index contributed by atoms with van der Waals surface area (Å²) in [4.78, 5) is 60.2. The molecule has 37 heavy (non-hydrogen) atoms. The van der Waals surface area contributed by atoms with Gasteiger partial charge in [-0.25, -0.2) is 9.59 Å². The lowest BCUT2D eigenvalue weighted by Crippen LogP contribution is -2.21. The van der Waals surface area contributed by atoms with E-state index in [1.807, 2.05) is 12.1 Å². The number of carbonyl (C=O) groups excluding carboxylic acids is 5. The fourth-order valence-electron chi connectivity index (χ4n) is 3.62. The van der Waals surface area contributed by atoms with Crippen LogP contribution in [0.3, 0.4) is 0 Å². The summed E-state index contributed by atoms with van der Waals surface area (Å²) in [5.41, 5.74) is 1.02. The lowest BCUT2D eigenvalue weighted by Gasteiger charge is -2.12. The van der Waals surface area contributed by atoms with Crippen molar-refractivity contribution in [3.63, 3.8) is 0 Å². The van der Waals surface area contributed by atoms with Crippen LogP contribution >= 0.6 is 11.8 Å². The number of hydrogen-bond acceptors (Lipinski definition) is 9. The largest absolute Gasteiger partial charge is 0.483 e. The first kappa shape index (κ1) is 25.5. The third-order valence-electron chi connectivity index (χ3n) is 5.26. The van der Waals surface area contributed by atoms with Crippen LogP contribution < -0.4 is 15.4 Å². The minimum Gasteiger partial charge on any atom is -0.483 e. The van der Waals surface area contributed by atoms with E-state index in [9.17, 15) is 24.0 Å². The molecule has 0 aromatic heterocycles. The Labute approximate surface area is 214 Å². The maximum atomic E-state index is 12.6. The van der Waals surface area contributed by atoms with Gasteiger partial charge < -0.3 is 19.5 Å². The van der Waals surface area contributed by atoms with Gasteiger partial charge in [-0.05, 0) is 53.1 Å². The van der Waals surface area contributed by atoms with Gasteiger partial charge in [0.15, 0.2) is 6.61 Å². The van der Waals surface area contributed by atoms with Crippen molar-refractivity contribution in [1.82, 2.24) is 5.32 Å². The van der Waals surface area contributed by atoms with E-state index in [0.717, 1.165) is 17.1 Å². The van der Waals surface area contributed by atoms with Crippen LogP contribution in [0.25, 0.3) is 16.8 Å². The standard InChI is InChI=1S/C26H20N2O8S/c1-34-24(31)15-9-16(25(32)35-2)11-17(10-15)27-22(29)13-36-20-8-7-14(18-5-3-4-6-19(18)20)12-21-23(30)28-26(33)37-21/h3-12H,13H2,1-2H3,(H,27,29)(H,28,30,33)/b21-12+. The van der Waals surface area contributed by atoms with Gasteiger partial charge in [0.1, 0.15) is 5.75 Å². The Morgan fingerprint density at radius 1 is 0.919 bits per heavy atom. The number of esters is 2. The SMILES string of the molecule is COC(=O)c1cc(NC(=O)COc2ccc(/C=C3/SC(=O)NC3=O)c3ccccc23)cc(C(=O)OC)c1. The third kappa shape index (κ3) is 5.78. The Balaban J connectivity index is 1.53. The summed E-state index contributed by atoms with van der Waals surface area (Å²) >= 11 is 0.824. The fraction of sp³-hybridized carbons (Fsp3) is 0.115. The van der Waals surface area contributed by atoms with Crippen LogP contribution in [0.15, 0.2) is 59.5 Å². The summed E-state index contributed by atoms with van der Waals surface area (Å²) in [6, 6.07) is 14.7. The molecule has 2 N–H and O–H groups in total. The fourth-order valence-corrected chi connectivity index (χ4v) is 4.29. The van der Waals surface area contributed by atoms with E-state index >= 15 is 0 Å². The van der Waals surface area contributed by atoms with Gasteiger partial charge >= 0.3 is 11.9 Å². The number of rotatable bonds is 7. The molecule has 1 aliphatic rings. The second-order valence-electron chi connectivity index (χ2n) is 7.67. The number of thioether (sulfide) groups is 1. The number of nitrogens with one attached hydrogen (secondary N) is 2. The van der Waals surface area contributed by atoms with Gasteiger partial charge in [-0.1, -0.05) is 30.3 Å². The van der Waals surface area contributed by atoms with Gasteiger partial charge in [0.05, 0.1) is 30.3 Å². The number of fused-ring (bicyclic) bond motifs is 1. The van der Waals surface area contributed by atoms with Crippen LogP contribution in [0.1, 0.15) is 26.3 Å². The Kier molecular flexibility index (Phi) is 7.54. The molecule has 1 fully saturated rings. The summed E-state index contributed by atoms with van der Waals surface area (Å²) in [5, 5.41) is 5.85. The van der Waals surface area contributed by atoms with Crippen molar-refractivity contribution in [2.24, 2.45) is 0 Å². The topological polar surface area (TPSA) is 137 Å². The van der Waals surface area contributed by atoms with Crippen molar-refractivity contribution in [2.75, 3.05) is 26.1 Å². The number of amides is 3. The van der Waals surface area contributed by atoms with Gasteiger partial charge in [-0.3, -0.25) is 19.7 Å². The summed E-state index contributed by atoms with van der Waals surface area (Å²) in [5.74, 6) is -1.94. The van der Waals surface area contributed by atoms with Crippen LogP contribution in [0, 0.1) is 0 Å². The maximum absolute atomic E-state index is 12.6. The van der Waals surface area contributed by atoms with Crippen LogP contribution in [0.4, 0.5) is 10.5 Å². The summed E-state index contributed by atoms with van der Waals surface area (Å²) in [7, 11) is 2.40. The highest BCUT2D eigenvalue weighted by molar-refractivity contribution is 8.18. The third-order valence-corrected chi connectivity index (χ3v) is 6.07. The average molecular weight is 521 g/mol. The Morgan fingerprint density at radius 2 is 1.57 bits per heavy atom. The predicted molar refractivity (Wildman–Crippen MR) is 136 cm³/mol. The zero-order valence-electron chi connectivity index (χ0n) is 19.7. The number of ether oxygens (including phenoxy) is 3. The molecule has 3 aromatic carbocycles. The molecule has 1 saturated heterocycles. The second-order valence-corrected chi connectivity index (χ2v) is 8.68. The molecule has 0 saturated carbocycles. The van der Waals surface area contributed by atoms with E-state index in [1.165, 1.54) is 32.4 Å². The van der Waals surface area contributed by atoms with Crippen LogP contribution in [0.2, 0.25) is 0 Å². The van der Waals surface area contributed by atoms with Gasteiger partial charge in [-0.15, -0.1) is 0 Å². The van der Waals surface area contributed by atoms with Crippen molar-refractivity contribution in [2.45, 2.75) is 0 Å². The molecule has 0 aliphatic carbocycles.